The van der Waals surface area contributed by atoms with Gasteiger partial charge in [0.05, 0.1) is 49.2 Å². The molecule has 0 unspecified atom stereocenters. The molecule has 8 radical (unpaired) electrons. The zero-order valence-corrected chi connectivity index (χ0v) is 33.1. The number of aromatic hydroxyl groups is 10. The molecule has 16 heteroatoms. The second kappa shape index (κ2) is 14.1. The van der Waals surface area contributed by atoms with Crippen LogP contribution in [0, 0.1) is 0 Å². The Balaban J connectivity index is 1.34. The van der Waals surface area contributed by atoms with Crippen LogP contribution in [-0.2, 0) is 0 Å². The van der Waals surface area contributed by atoms with Crippen LogP contribution in [-0.4, -0.2) is 91.6 Å². The van der Waals surface area contributed by atoms with Gasteiger partial charge in [0, 0.05) is 11.4 Å². The third-order valence-electron chi connectivity index (χ3n) is 11.8. The fraction of sp³-hybridized carbons (Fsp3) is 0. The summed E-state index contributed by atoms with van der Waals surface area (Å²) in [4.78, 5) is 0. The molecule has 2 heterocycles. The second-order valence-electron chi connectivity index (χ2n) is 15.3. The van der Waals surface area contributed by atoms with E-state index in [-0.39, 0.29) is 49.3 Å². The molecule has 2 aromatic heterocycles. The number of phenolic OH excluding ortho intramolecular Hbond substituents is 10. The number of fused-ring (bicyclic) bond motifs is 6. The number of benzene rings is 8. The van der Waals surface area contributed by atoms with E-state index in [9.17, 15) is 51.1 Å². The number of nitrogens with zero attached hydrogens (tertiary/aromatic N) is 2. The Bertz CT molecular complexity index is 3430. The fourth-order valence-corrected chi connectivity index (χ4v) is 8.88. The molecule has 0 amide bonds. The van der Waals surface area contributed by atoms with Crippen LogP contribution in [0.4, 0.5) is 0 Å². The molecule has 0 bridgehead atoms. The molecule has 64 heavy (non-hydrogen) atoms. The average molecular weight is 836 g/mol. The Morgan fingerprint density at radius 1 is 0.281 bits per heavy atom. The van der Waals surface area contributed by atoms with Crippen LogP contribution in [0.5, 0.6) is 57.5 Å². The largest absolute Gasteiger partial charge is 0.508 e. The van der Waals surface area contributed by atoms with E-state index in [1.54, 1.807) is 36.4 Å². The third-order valence-corrected chi connectivity index (χ3v) is 11.8. The lowest BCUT2D eigenvalue weighted by molar-refractivity contribution is 0.373. The van der Waals surface area contributed by atoms with Crippen molar-refractivity contribution in [1.82, 2.24) is 9.13 Å². The van der Waals surface area contributed by atoms with Crippen LogP contribution < -0.4 is 21.9 Å². The maximum Gasteiger partial charge on any atom is 0.200 e. The first-order valence-electron chi connectivity index (χ1n) is 19.4. The highest BCUT2D eigenvalue weighted by molar-refractivity contribution is 6.49. The molecular formula is C48H28B4N2O10. The van der Waals surface area contributed by atoms with Crippen molar-refractivity contribution in [3.8, 4) is 102 Å². The Morgan fingerprint density at radius 3 is 1.09 bits per heavy atom. The number of phenols is 10. The SMILES string of the molecule is [B]c1c(O)c(O)c2c(c1O)c1c(O)c(-c3c(O)c([B])c4c(c3O)c3c(O)c(O)c(O)c([B])c3n4-c3cccc(-c4ccccc4)c3)c(O)c([B])c1n2-c1cccc(-c2ccccc2)c1. The summed E-state index contributed by atoms with van der Waals surface area (Å²) in [5, 5.41) is 115. The summed E-state index contributed by atoms with van der Waals surface area (Å²) in [7, 11) is 26.1. The molecule has 0 aliphatic carbocycles. The smallest absolute Gasteiger partial charge is 0.200 e. The topological polar surface area (TPSA) is 212 Å². The van der Waals surface area contributed by atoms with Crippen molar-refractivity contribution in [3.63, 3.8) is 0 Å². The van der Waals surface area contributed by atoms with E-state index < -0.39 is 90.5 Å². The Hall–Kier alpha value is -8.38. The summed E-state index contributed by atoms with van der Waals surface area (Å²) in [6, 6.07) is 32.2. The van der Waals surface area contributed by atoms with Crippen LogP contribution >= 0.6 is 0 Å². The number of hydrogen-bond acceptors (Lipinski definition) is 10. The van der Waals surface area contributed by atoms with Gasteiger partial charge in [0.15, 0.2) is 28.7 Å². The van der Waals surface area contributed by atoms with Crippen molar-refractivity contribution >= 4 is 96.8 Å². The van der Waals surface area contributed by atoms with Gasteiger partial charge in [-0.05, 0) is 68.4 Å². The summed E-state index contributed by atoms with van der Waals surface area (Å²) in [6.45, 7) is 0. The van der Waals surface area contributed by atoms with Gasteiger partial charge in [0.2, 0.25) is 0 Å². The number of aromatic nitrogens is 2. The van der Waals surface area contributed by atoms with E-state index in [4.69, 9.17) is 31.4 Å². The molecule has 0 aliphatic rings. The summed E-state index contributed by atoms with van der Waals surface area (Å²) in [6.07, 6.45) is 0. The molecule has 0 saturated carbocycles. The molecule has 8 aromatic carbocycles. The molecule has 12 nitrogen and oxygen atoms in total. The molecule has 0 atom stereocenters. The van der Waals surface area contributed by atoms with E-state index >= 15 is 0 Å². The van der Waals surface area contributed by atoms with Crippen LogP contribution in [0.1, 0.15) is 0 Å². The van der Waals surface area contributed by atoms with Crippen LogP contribution in [0.25, 0.3) is 88.4 Å². The second-order valence-corrected chi connectivity index (χ2v) is 15.3. The molecule has 0 saturated heterocycles. The normalized spacial score (nSPS) is 11.7. The molecule has 10 rings (SSSR count). The van der Waals surface area contributed by atoms with Crippen molar-refractivity contribution in [2.45, 2.75) is 0 Å². The number of hydrogen-bond donors (Lipinski definition) is 10. The van der Waals surface area contributed by atoms with Crippen molar-refractivity contribution in [2.75, 3.05) is 0 Å². The minimum Gasteiger partial charge on any atom is -0.508 e. The highest BCUT2D eigenvalue weighted by Crippen LogP contribution is 2.57. The van der Waals surface area contributed by atoms with E-state index in [0.717, 1.165) is 11.1 Å². The van der Waals surface area contributed by atoms with E-state index in [2.05, 4.69) is 0 Å². The predicted molar refractivity (Wildman–Crippen MR) is 250 cm³/mol. The van der Waals surface area contributed by atoms with Gasteiger partial charge in [0.25, 0.3) is 0 Å². The predicted octanol–water partition coefficient (Wildman–Crippen LogP) is 5.11. The summed E-state index contributed by atoms with van der Waals surface area (Å²) in [5.74, 6) is -9.16. The van der Waals surface area contributed by atoms with Gasteiger partial charge in [-0.25, -0.2) is 0 Å². The van der Waals surface area contributed by atoms with Crippen LogP contribution in [0.15, 0.2) is 109 Å². The summed E-state index contributed by atoms with van der Waals surface area (Å²) >= 11 is 0. The Morgan fingerprint density at radius 2 is 0.641 bits per heavy atom. The number of rotatable bonds is 5. The molecule has 302 valence electrons. The first-order chi connectivity index (χ1) is 30.6. The summed E-state index contributed by atoms with van der Waals surface area (Å²) in [5.41, 5.74) is -0.897. The fourth-order valence-electron chi connectivity index (χ4n) is 8.88. The maximum absolute atomic E-state index is 12.5. The average Bonchev–Trinajstić information content (AvgIpc) is 3.88. The van der Waals surface area contributed by atoms with Crippen molar-refractivity contribution < 1.29 is 51.1 Å². The van der Waals surface area contributed by atoms with Gasteiger partial charge in [-0.15, -0.1) is 0 Å². The highest BCUT2D eigenvalue weighted by Gasteiger charge is 2.35. The van der Waals surface area contributed by atoms with Crippen LogP contribution in [0.3, 0.4) is 0 Å². The van der Waals surface area contributed by atoms with Gasteiger partial charge >= 0.3 is 0 Å². The van der Waals surface area contributed by atoms with Gasteiger partial charge < -0.3 is 60.2 Å². The lowest BCUT2D eigenvalue weighted by atomic mass is 9.82. The molecule has 0 aliphatic heterocycles. The molecule has 10 N–H and O–H groups in total. The first kappa shape index (κ1) is 39.7. The van der Waals surface area contributed by atoms with Crippen LogP contribution in [0.2, 0.25) is 0 Å². The third kappa shape index (κ3) is 5.28. The monoisotopic (exact) mass is 836 g/mol. The lowest BCUT2D eigenvalue weighted by Gasteiger charge is -2.19. The van der Waals surface area contributed by atoms with Gasteiger partial charge in [-0.1, -0.05) is 84.9 Å². The Kier molecular flexibility index (Phi) is 8.74. The zero-order chi connectivity index (χ0) is 45.2. The zero-order valence-electron chi connectivity index (χ0n) is 33.1. The standard InChI is InChI=1S/C48H28B4N2O10/c49-31-35-25(27-37(33(51)45(61)48(64)44(27)60)53(35)23-15-7-13-21(17-23)19-9-3-1-4-10-19)39(55)29(42(31)58)30-40(56)26-28-38(47(63)46(62)34(52)41(28)57)54(36(26)32(50)43(30)59)24-16-8-14-22(18-24)20-11-5-2-6-12-20/h1-18,55-64H. The molecular weight excluding hydrogens is 808 g/mol. The molecule has 0 fully saturated rings. The van der Waals surface area contributed by atoms with Crippen molar-refractivity contribution in [2.24, 2.45) is 0 Å². The quantitative estimate of drug-likeness (QED) is 0.0629. The highest BCUT2D eigenvalue weighted by atomic mass is 16.3. The van der Waals surface area contributed by atoms with E-state index in [0.29, 0.717) is 16.8 Å². The Labute approximate surface area is 367 Å². The van der Waals surface area contributed by atoms with Gasteiger partial charge in [-0.3, -0.25) is 0 Å². The minimum absolute atomic E-state index is 0.161. The molecule has 10 aromatic rings. The summed E-state index contributed by atoms with van der Waals surface area (Å²) < 4.78 is 2.64. The van der Waals surface area contributed by atoms with Gasteiger partial charge in [0.1, 0.15) is 65.6 Å². The minimum atomic E-state index is -1.05. The van der Waals surface area contributed by atoms with Crippen molar-refractivity contribution in [1.29, 1.82) is 0 Å². The van der Waals surface area contributed by atoms with Gasteiger partial charge in [-0.2, -0.15) is 0 Å². The maximum atomic E-state index is 12.5. The van der Waals surface area contributed by atoms with E-state index in [1.165, 1.54) is 9.13 Å². The first-order valence-corrected chi connectivity index (χ1v) is 19.4. The van der Waals surface area contributed by atoms with Crippen molar-refractivity contribution in [3.05, 3.63) is 109 Å². The van der Waals surface area contributed by atoms with E-state index in [1.807, 2.05) is 72.8 Å². The molecule has 0 spiro atoms. The lowest BCUT2D eigenvalue weighted by Crippen LogP contribution is -2.14.